The second kappa shape index (κ2) is 23.5. The number of aliphatic hydroxyl groups excluding tert-OH is 17. The van der Waals surface area contributed by atoms with E-state index < -0.39 is 217 Å². The fourth-order valence-corrected chi connectivity index (χ4v) is 8.79. The van der Waals surface area contributed by atoms with E-state index in [9.17, 15) is 91.6 Å². The molecule has 68 heavy (non-hydrogen) atoms. The number of hydrogen-bond donors (Lipinski definition) is 18. The molecule has 0 aliphatic carbocycles. The molecule has 0 unspecified atom stereocenters. The zero-order valence-electron chi connectivity index (χ0n) is 36.7. The van der Waals surface area contributed by atoms with E-state index in [-0.39, 0.29) is 0 Å². The molecule has 0 aromatic heterocycles. The molecule has 0 radical (unpaired) electrons. The minimum absolute atomic E-state index is 0.873. The molecule has 0 spiro atoms. The first-order valence-electron chi connectivity index (χ1n) is 21.8. The molecule has 6 rings (SSSR count). The van der Waals surface area contributed by atoms with Gasteiger partial charge in [-0.05, 0) is 13.8 Å². The minimum Gasteiger partial charge on any atom is -0.394 e. The summed E-state index contributed by atoms with van der Waals surface area (Å²) < 4.78 is 63.6. The molecule has 6 aliphatic rings. The van der Waals surface area contributed by atoms with Gasteiger partial charge >= 0.3 is 0 Å². The van der Waals surface area contributed by atoms with Gasteiger partial charge in [0, 0.05) is 6.92 Å². The first-order chi connectivity index (χ1) is 32.1. The Kier molecular flexibility index (Phi) is 19.2. The highest BCUT2D eigenvalue weighted by molar-refractivity contribution is 5.73. The van der Waals surface area contributed by atoms with Gasteiger partial charge in [-0.2, -0.15) is 0 Å². The second-order valence-corrected chi connectivity index (χ2v) is 17.5. The molecule has 0 aromatic carbocycles. The van der Waals surface area contributed by atoms with Gasteiger partial charge in [-0.3, -0.25) is 4.79 Å². The molecule has 6 heterocycles. The van der Waals surface area contributed by atoms with Crippen molar-refractivity contribution >= 4 is 5.91 Å². The van der Waals surface area contributed by atoms with E-state index >= 15 is 0 Å². The van der Waals surface area contributed by atoms with E-state index in [2.05, 4.69) is 5.32 Å². The number of hydrogen-bond acceptors (Lipinski definition) is 29. The van der Waals surface area contributed by atoms with Crippen molar-refractivity contribution in [1.82, 2.24) is 5.32 Å². The van der Waals surface area contributed by atoms with Crippen molar-refractivity contribution in [3.05, 3.63) is 0 Å². The smallest absolute Gasteiger partial charge is 0.217 e. The zero-order chi connectivity index (χ0) is 50.2. The van der Waals surface area contributed by atoms with E-state index in [0.717, 1.165) is 6.92 Å². The maximum atomic E-state index is 12.9. The highest BCUT2D eigenvalue weighted by atomic mass is 16.8. The molecule has 18 N–H and O–H groups in total. The predicted octanol–water partition coefficient (Wildman–Crippen LogP) is -11.9. The summed E-state index contributed by atoms with van der Waals surface area (Å²) in [6, 6.07) is -1.81. The Balaban J connectivity index is 1.33. The molecule has 1 amide bonds. The third-order valence-corrected chi connectivity index (χ3v) is 12.8. The monoisotopic (exact) mass is 999 g/mol. The van der Waals surface area contributed by atoms with Gasteiger partial charge in [0.05, 0.1) is 38.6 Å². The van der Waals surface area contributed by atoms with Gasteiger partial charge in [-0.15, -0.1) is 0 Å². The third kappa shape index (κ3) is 11.4. The minimum atomic E-state index is -2.24. The van der Waals surface area contributed by atoms with Crippen molar-refractivity contribution in [2.45, 2.75) is 205 Å². The zero-order valence-corrected chi connectivity index (χ0v) is 36.7. The lowest BCUT2D eigenvalue weighted by atomic mass is 9.93. The van der Waals surface area contributed by atoms with E-state index in [0.29, 0.717) is 0 Å². The van der Waals surface area contributed by atoms with Crippen LogP contribution in [0.3, 0.4) is 0 Å². The van der Waals surface area contributed by atoms with Crippen LogP contribution in [0.2, 0.25) is 0 Å². The van der Waals surface area contributed by atoms with Crippen molar-refractivity contribution in [3.8, 4) is 0 Å². The molecule has 0 aromatic rings. The van der Waals surface area contributed by atoms with Crippen molar-refractivity contribution < 1.29 is 144 Å². The van der Waals surface area contributed by atoms with Crippen molar-refractivity contribution in [2.24, 2.45) is 0 Å². The number of carbonyl (C=O) groups excluding carboxylic acids is 1. The van der Waals surface area contributed by atoms with Crippen molar-refractivity contribution in [3.63, 3.8) is 0 Å². The van der Waals surface area contributed by atoms with Gasteiger partial charge in [0.2, 0.25) is 5.91 Å². The number of nitrogens with one attached hydrogen (secondary N) is 1. The Morgan fingerprint density at radius 1 is 0.382 bits per heavy atom. The fourth-order valence-electron chi connectivity index (χ4n) is 8.79. The van der Waals surface area contributed by atoms with Crippen molar-refractivity contribution in [2.75, 3.05) is 26.4 Å². The van der Waals surface area contributed by atoms with Crippen LogP contribution < -0.4 is 5.32 Å². The summed E-state index contributed by atoms with van der Waals surface area (Å²) in [6.07, 6.45) is -53.6. The molecule has 30 nitrogen and oxygen atoms in total. The average Bonchev–Trinajstić information content (AvgIpc) is 3.31. The normalized spacial score (nSPS) is 52.6. The van der Waals surface area contributed by atoms with Crippen LogP contribution in [0, 0.1) is 0 Å². The molecule has 396 valence electrons. The van der Waals surface area contributed by atoms with Gasteiger partial charge in [-0.25, -0.2) is 0 Å². The van der Waals surface area contributed by atoms with E-state index in [1.54, 1.807) is 0 Å². The topological polar surface area (TPSA) is 475 Å². The van der Waals surface area contributed by atoms with Crippen LogP contribution in [0.4, 0.5) is 0 Å². The Morgan fingerprint density at radius 3 is 1.24 bits per heavy atom. The second-order valence-electron chi connectivity index (χ2n) is 17.5. The summed E-state index contributed by atoms with van der Waals surface area (Å²) in [6.45, 7) is -0.333. The summed E-state index contributed by atoms with van der Waals surface area (Å²) >= 11 is 0. The molecule has 6 fully saturated rings. The number of rotatable bonds is 15. The van der Waals surface area contributed by atoms with Crippen LogP contribution in [-0.4, -0.2) is 303 Å². The molecule has 0 saturated carbocycles. The first kappa shape index (κ1) is 55.7. The maximum absolute atomic E-state index is 12.9. The standard InChI is InChI=1S/C38H65NO29/c1-8-16(45)20(49)23(52)35(58-8)64-28-14(7-43)63-34(15(39-10(3)44)30(28)66-37-25(54)22(51)18(47)11(4-40)61-37)67-31-19(48)12(5-41)62-38(27(31)56)65-29-13(6-42)60-33(57)26(55)32(29)68-36-24(53)21(50)17(46)9(2)59-36/h8-9,11-38,40-43,45-57H,4-7H2,1-3H3,(H,39,44)/t8-,9+,11+,12+,13+,14+,15+,16+,17-,18-,19-,20+,21-,22-,23-,24+,25+,26+,27+,28+,29+,30+,31-,32+,33+,34-,35-,36+,37-,38-/m0/s1. The number of aliphatic hydroxyl groups is 17. The largest absolute Gasteiger partial charge is 0.394 e. The van der Waals surface area contributed by atoms with Crippen LogP contribution in [0.5, 0.6) is 0 Å². The first-order valence-corrected chi connectivity index (χ1v) is 21.8. The molecule has 6 aliphatic heterocycles. The molecule has 30 atom stereocenters. The highest BCUT2D eigenvalue weighted by Gasteiger charge is 2.58. The maximum Gasteiger partial charge on any atom is 0.217 e. The van der Waals surface area contributed by atoms with Crippen LogP contribution >= 0.6 is 0 Å². The predicted molar refractivity (Wildman–Crippen MR) is 208 cm³/mol. The Morgan fingerprint density at radius 2 is 0.750 bits per heavy atom. The van der Waals surface area contributed by atoms with Crippen molar-refractivity contribution in [1.29, 1.82) is 0 Å². The van der Waals surface area contributed by atoms with Crippen LogP contribution in [0.15, 0.2) is 0 Å². The fraction of sp³-hybridized carbons (Fsp3) is 0.974. The summed E-state index contributed by atoms with van der Waals surface area (Å²) in [5.41, 5.74) is 0. The molecular weight excluding hydrogens is 934 g/mol. The average molecular weight is 1000 g/mol. The Hall–Kier alpha value is -1.65. The Bertz CT molecular complexity index is 1590. The van der Waals surface area contributed by atoms with Crippen LogP contribution in [-0.2, 0) is 56.9 Å². The lowest BCUT2D eigenvalue weighted by molar-refractivity contribution is -0.397. The molecule has 0 bridgehead atoms. The third-order valence-electron chi connectivity index (χ3n) is 12.8. The lowest BCUT2D eigenvalue weighted by Gasteiger charge is -2.52. The summed E-state index contributed by atoms with van der Waals surface area (Å²) in [5.74, 6) is -0.873. The van der Waals surface area contributed by atoms with E-state index in [4.69, 9.17) is 52.1 Å². The Labute approximate surface area is 386 Å². The SMILES string of the molecule is CC(=O)N[C@H]1[C@H](O[C@H]2[C@@H](O)[C@@H](CO)O[C@@H](O[C@H]3[C@H](O[C@H]4O[C@H](C)[C@H](O)[C@H](O)[C@H]4O)[C@@H](O)[C@H](O)O[C@@H]3CO)[C@@H]2O)O[C@H](CO)[C@@H](O[C@@H]2O[C@@H](C)[C@@H](O)[C@@H](O)[C@@H]2O)[C@@H]1O[C@@H]1O[C@H](CO)[C@H](O)[C@H](O)[C@H]1O. The number of amides is 1. The molecule has 30 heteroatoms. The van der Waals surface area contributed by atoms with Gasteiger partial charge in [-0.1, -0.05) is 0 Å². The summed E-state index contributed by atoms with van der Waals surface area (Å²) in [5, 5.41) is 184. The van der Waals surface area contributed by atoms with Crippen LogP contribution in [0.1, 0.15) is 20.8 Å². The van der Waals surface area contributed by atoms with E-state index in [1.807, 2.05) is 0 Å². The lowest BCUT2D eigenvalue weighted by Crippen LogP contribution is -2.71. The number of ether oxygens (including phenoxy) is 11. The summed E-state index contributed by atoms with van der Waals surface area (Å²) in [7, 11) is 0. The van der Waals surface area contributed by atoms with Gasteiger partial charge in [0.15, 0.2) is 37.7 Å². The quantitative estimate of drug-likeness (QED) is 0.0724. The number of carbonyl (C=O) groups is 1. The highest BCUT2D eigenvalue weighted by Crippen LogP contribution is 2.38. The molecule has 6 saturated heterocycles. The van der Waals surface area contributed by atoms with Gasteiger partial charge in [0.1, 0.15) is 134 Å². The molecular formula is C38H65NO29. The summed E-state index contributed by atoms with van der Waals surface area (Å²) in [4.78, 5) is 12.9. The van der Waals surface area contributed by atoms with Gasteiger partial charge in [0.25, 0.3) is 0 Å². The van der Waals surface area contributed by atoms with E-state index in [1.165, 1.54) is 13.8 Å². The van der Waals surface area contributed by atoms with Crippen LogP contribution in [0.25, 0.3) is 0 Å². The van der Waals surface area contributed by atoms with Gasteiger partial charge < -0.3 is 144 Å².